The fourth-order valence-electron chi connectivity index (χ4n) is 2.73. The van der Waals surface area contributed by atoms with Crippen LogP contribution < -0.4 is 5.32 Å². The molecule has 0 spiro atoms. The van der Waals surface area contributed by atoms with Gasteiger partial charge in [-0.1, -0.05) is 54.1 Å². The third-order valence-corrected chi connectivity index (χ3v) is 4.15. The van der Waals surface area contributed by atoms with Gasteiger partial charge in [-0.25, -0.2) is 0 Å². The fourth-order valence-corrected chi connectivity index (χ4v) is 2.98. The van der Waals surface area contributed by atoms with E-state index in [1.54, 1.807) is 12.4 Å². The standard InChI is InChI=1S/C18H17ClN2/c1-20-18(16-9-10-21-12-17(16)19)11-14-7-4-6-13-5-2-3-8-15(13)14/h2-10,12,18,20H,11H2,1H3. The summed E-state index contributed by atoms with van der Waals surface area (Å²) in [6.07, 6.45) is 4.38. The molecule has 3 heteroatoms. The third-order valence-electron chi connectivity index (χ3n) is 3.83. The molecule has 2 aromatic carbocycles. The molecule has 0 aliphatic carbocycles. The van der Waals surface area contributed by atoms with Crippen LogP contribution in [0.15, 0.2) is 60.9 Å². The Kier molecular flexibility index (Phi) is 4.18. The Morgan fingerprint density at radius 3 is 2.71 bits per heavy atom. The van der Waals surface area contributed by atoms with Gasteiger partial charge in [-0.2, -0.15) is 0 Å². The van der Waals surface area contributed by atoms with E-state index in [4.69, 9.17) is 11.6 Å². The van der Waals surface area contributed by atoms with E-state index in [2.05, 4.69) is 52.8 Å². The van der Waals surface area contributed by atoms with Crippen LogP contribution in [-0.2, 0) is 6.42 Å². The molecule has 0 saturated heterocycles. The molecule has 3 aromatic rings. The zero-order valence-corrected chi connectivity index (χ0v) is 12.6. The first-order valence-electron chi connectivity index (χ1n) is 7.03. The highest BCUT2D eigenvalue weighted by atomic mass is 35.5. The quantitative estimate of drug-likeness (QED) is 0.772. The number of likely N-dealkylation sites (N-methyl/N-ethyl adjacent to an activating group) is 1. The van der Waals surface area contributed by atoms with Crippen LogP contribution in [0.1, 0.15) is 17.2 Å². The van der Waals surface area contributed by atoms with Gasteiger partial charge in [0, 0.05) is 18.4 Å². The smallest absolute Gasteiger partial charge is 0.0637 e. The summed E-state index contributed by atoms with van der Waals surface area (Å²) in [5.74, 6) is 0. The topological polar surface area (TPSA) is 24.9 Å². The molecule has 0 aliphatic rings. The lowest BCUT2D eigenvalue weighted by Gasteiger charge is -2.19. The van der Waals surface area contributed by atoms with Crippen LogP contribution in [0.5, 0.6) is 0 Å². The summed E-state index contributed by atoms with van der Waals surface area (Å²) in [5.41, 5.74) is 2.41. The number of hydrogen-bond acceptors (Lipinski definition) is 2. The van der Waals surface area contributed by atoms with Crippen molar-refractivity contribution >= 4 is 22.4 Å². The van der Waals surface area contributed by atoms with Crippen LogP contribution in [-0.4, -0.2) is 12.0 Å². The molecular formula is C18H17ClN2. The zero-order chi connectivity index (χ0) is 14.7. The predicted octanol–water partition coefficient (Wildman–Crippen LogP) is 4.39. The summed E-state index contributed by atoms with van der Waals surface area (Å²) in [6.45, 7) is 0. The number of pyridine rings is 1. The van der Waals surface area contributed by atoms with Gasteiger partial charge in [0.05, 0.1) is 5.02 Å². The van der Waals surface area contributed by atoms with Crippen molar-refractivity contribution in [3.63, 3.8) is 0 Å². The number of benzene rings is 2. The average molecular weight is 297 g/mol. The Bertz CT molecular complexity index is 750. The van der Waals surface area contributed by atoms with Crippen LogP contribution in [0, 0.1) is 0 Å². The van der Waals surface area contributed by atoms with Crippen molar-refractivity contribution < 1.29 is 0 Å². The van der Waals surface area contributed by atoms with Crippen molar-refractivity contribution in [1.82, 2.24) is 10.3 Å². The first-order valence-corrected chi connectivity index (χ1v) is 7.40. The van der Waals surface area contributed by atoms with Gasteiger partial charge < -0.3 is 5.32 Å². The summed E-state index contributed by atoms with van der Waals surface area (Å²) in [6, 6.07) is 17.1. The molecule has 1 atom stereocenters. The maximum atomic E-state index is 6.28. The minimum absolute atomic E-state index is 0.173. The van der Waals surface area contributed by atoms with Crippen LogP contribution in [0.3, 0.4) is 0 Å². The second-order valence-corrected chi connectivity index (χ2v) is 5.49. The van der Waals surface area contributed by atoms with Gasteiger partial charge in [-0.05, 0) is 41.4 Å². The lowest BCUT2D eigenvalue weighted by molar-refractivity contribution is 0.593. The number of hydrogen-bond donors (Lipinski definition) is 1. The molecule has 1 aromatic heterocycles. The highest BCUT2D eigenvalue weighted by Gasteiger charge is 2.14. The predicted molar refractivity (Wildman–Crippen MR) is 88.7 cm³/mol. The number of aromatic nitrogens is 1. The Labute approximate surface area is 129 Å². The van der Waals surface area contributed by atoms with Gasteiger partial charge >= 0.3 is 0 Å². The summed E-state index contributed by atoms with van der Waals surface area (Å²) < 4.78 is 0. The van der Waals surface area contributed by atoms with E-state index >= 15 is 0 Å². The van der Waals surface area contributed by atoms with Crippen molar-refractivity contribution in [3.05, 3.63) is 77.1 Å². The van der Waals surface area contributed by atoms with Crippen LogP contribution in [0.2, 0.25) is 5.02 Å². The van der Waals surface area contributed by atoms with Gasteiger partial charge in [-0.3, -0.25) is 4.98 Å². The van der Waals surface area contributed by atoms with E-state index in [1.165, 1.54) is 16.3 Å². The number of nitrogens with zero attached hydrogens (tertiary/aromatic N) is 1. The average Bonchev–Trinajstić information content (AvgIpc) is 2.53. The minimum atomic E-state index is 0.173. The van der Waals surface area contributed by atoms with E-state index < -0.39 is 0 Å². The van der Waals surface area contributed by atoms with Crippen molar-refractivity contribution in [3.8, 4) is 0 Å². The number of nitrogens with one attached hydrogen (secondary N) is 1. The molecule has 0 saturated carbocycles. The second kappa shape index (κ2) is 6.25. The fraction of sp³-hybridized carbons (Fsp3) is 0.167. The lowest BCUT2D eigenvalue weighted by Crippen LogP contribution is -2.19. The van der Waals surface area contributed by atoms with E-state index in [0.717, 1.165) is 12.0 Å². The minimum Gasteiger partial charge on any atom is -0.313 e. The molecule has 21 heavy (non-hydrogen) atoms. The van der Waals surface area contributed by atoms with Crippen molar-refractivity contribution in [2.75, 3.05) is 7.05 Å². The Hall–Kier alpha value is -1.90. The number of rotatable bonds is 4. The second-order valence-electron chi connectivity index (χ2n) is 5.08. The molecule has 0 radical (unpaired) electrons. The SMILES string of the molecule is CNC(Cc1cccc2ccccc12)c1ccncc1Cl. The maximum absolute atomic E-state index is 6.28. The monoisotopic (exact) mass is 296 g/mol. The molecule has 2 nitrogen and oxygen atoms in total. The number of fused-ring (bicyclic) bond motifs is 1. The summed E-state index contributed by atoms with van der Waals surface area (Å²) in [4.78, 5) is 4.06. The normalized spacial score (nSPS) is 12.5. The summed E-state index contributed by atoms with van der Waals surface area (Å²) in [7, 11) is 1.96. The molecule has 1 heterocycles. The highest BCUT2D eigenvalue weighted by Crippen LogP contribution is 2.27. The van der Waals surface area contributed by atoms with Gasteiger partial charge in [0.15, 0.2) is 0 Å². The van der Waals surface area contributed by atoms with Gasteiger partial charge in [0.1, 0.15) is 0 Å². The molecule has 3 rings (SSSR count). The van der Waals surface area contributed by atoms with Crippen LogP contribution in [0.4, 0.5) is 0 Å². The molecule has 106 valence electrons. The maximum Gasteiger partial charge on any atom is 0.0637 e. The molecular weight excluding hydrogens is 280 g/mol. The first-order chi connectivity index (χ1) is 10.3. The molecule has 1 N–H and O–H groups in total. The van der Waals surface area contributed by atoms with Gasteiger partial charge in [0.25, 0.3) is 0 Å². The van der Waals surface area contributed by atoms with E-state index in [1.807, 2.05) is 13.1 Å². The van der Waals surface area contributed by atoms with E-state index in [0.29, 0.717) is 5.02 Å². The molecule has 0 aliphatic heterocycles. The van der Waals surface area contributed by atoms with Crippen molar-refractivity contribution in [1.29, 1.82) is 0 Å². The highest BCUT2D eigenvalue weighted by molar-refractivity contribution is 6.31. The Balaban J connectivity index is 1.98. The molecule has 0 amide bonds. The largest absolute Gasteiger partial charge is 0.313 e. The van der Waals surface area contributed by atoms with Gasteiger partial charge in [0.2, 0.25) is 0 Å². The third kappa shape index (κ3) is 2.92. The number of halogens is 1. The first kappa shape index (κ1) is 14.1. The molecule has 1 unspecified atom stereocenters. The van der Waals surface area contributed by atoms with Crippen LogP contribution >= 0.6 is 11.6 Å². The van der Waals surface area contributed by atoms with Crippen molar-refractivity contribution in [2.24, 2.45) is 0 Å². The van der Waals surface area contributed by atoms with E-state index in [9.17, 15) is 0 Å². The zero-order valence-electron chi connectivity index (χ0n) is 11.9. The lowest BCUT2D eigenvalue weighted by atomic mass is 9.95. The molecule has 0 bridgehead atoms. The van der Waals surface area contributed by atoms with Gasteiger partial charge in [-0.15, -0.1) is 0 Å². The Morgan fingerprint density at radius 1 is 1.10 bits per heavy atom. The summed E-state index contributed by atoms with van der Waals surface area (Å²) >= 11 is 6.28. The van der Waals surface area contributed by atoms with Crippen LogP contribution in [0.25, 0.3) is 10.8 Å². The Morgan fingerprint density at radius 2 is 1.90 bits per heavy atom. The van der Waals surface area contributed by atoms with E-state index in [-0.39, 0.29) is 6.04 Å². The van der Waals surface area contributed by atoms with Crippen molar-refractivity contribution in [2.45, 2.75) is 12.5 Å². The molecule has 0 fully saturated rings. The summed E-state index contributed by atoms with van der Waals surface area (Å²) in [5, 5.41) is 6.63.